The number of ether oxygens (including phenoxy) is 1. The van der Waals surface area contributed by atoms with Crippen molar-refractivity contribution in [2.45, 2.75) is 32.7 Å². The van der Waals surface area contributed by atoms with Gasteiger partial charge in [-0.25, -0.2) is 8.42 Å². The number of sulfone groups is 1. The van der Waals surface area contributed by atoms with Crippen LogP contribution in [-0.2, 0) is 14.6 Å². The van der Waals surface area contributed by atoms with Gasteiger partial charge in [-0.2, -0.15) is 0 Å². The van der Waals surface area contributed by atoms with Crippen LogP contribution in [0.5, 0.6) is 0 Å². The lowest BCUT2D eigenvalue weighted by atomic mass is 10.3. The largest absolute Gasteiger partial charge is 0.380 e. The van der Waals surface area contributed by atoms with Crippen molar-refractivity contribution in [3.63, 3.8) is 0 Å². The van der Waals surface area contributed by atoms with Crippen LogP contribution in [0.25, 0.3) is 0 Å². The molecule has 0 saturated carbocycles. The van der Waals surface area contributed by atoms with Crippen molar-refractivity contribution in [2.24, 2.45) is 5.73 Å². The molecule has 5 heteroatoms. The van der Waals surface area contributed by atoms with Crippen LogP contribution in [0.4, 0.5) is 0 Å². The summed E-state index contributed by atoms with van der Waals surface area (Å²) in [5.74, 6) is 0.152. The van der Waals surface area contributed by atoms with E-state index in [4.69, 9.17) is 10.5 Å². The van der Waals surface area contributed by atoms with E-state index in [9.17, 15) is 8.42 Å². The van der Waals surface area contributed by atoms with Gasteiger partial charge in [0.05, 0.1) is 18.1 Å². The standard InChI is InChI=1S/C9H21NO3S/c1-3-5-13-6-7-14(11,12)8-9(10)4-2/h9H,3-8,10H2,1-2H3. The van der Waals surface area contributed by atoms with E-state index >= 15 is 0 Å². The van der Waals surface area contributed by atoms with E-state index in [1.807, 2.05) is 13.8 Å². The Hall–Kier alpha value is -0.130. The Bertz CT molecular complexity index is 226. The van der Waals surface area contributed by atoms with Crippen LogP contribution in [0.1, 0.15) is 26.7 Å². The fraction of sp³-hybridized carbons (Fsp3) is 1.00. The number of rotatable bonds is 8. The zero-order valence-electron chi connectivity index (χ0n) is 9.03. The van der Waals surface area contributed by atoms with Crippen molar-refractivity contribution in [2.75, 3.05) is 24.7 Å². The summed E-state index contributed by atoms with van der Waals surface area (Å²) >= 11 is 0. The van der Waals surface area contributed by atoms with Crippen LogP contribution in [0, 0.1) is 0 Å². The normalized spacial score (nSPS) is 14.2. The summed E-state index contributed by atoms with van der Waals surface area (Å²) in [6, 6.07) is -0.244. The van der Waals surface area contributed by atoms with Crippen molar-refractivity contribution >= 4 is 9.84 Å². The van der Waals surface area contributed by atoms with Gasteiger partial charge in [0.25, 0.3) is 0 Å². The van der Waals surface area contributed by atoms with Gasteiger partial charge < -0.3 is 10.5 Å². The van der Waals surface area contributed by atoms with E-state index in [0.717, 1.165) is 6.42 Å². The summed E-state index contributed by atoms with van der Waals surface area (Å²) in [6.45, 7) is 4.78. The van der Waals surface area contributed by atoms with Crippen molar-refractivity contribution < 1.29 is 13.2 Å². The number of nitrogens with two attached hydrogens (primary N) is 1. The van der Waals surface area contributed by atoms with Crippen LogP contribution in [-0.4, -0.2) is 39.2 Å². The minimum atomic E-state index is -3.02. The minimum absolute atomic E-state index is 0.0684. The van der Waals surface area contributed by atoms with E-state index in [1.54, 1.807) is 0 Å². The highest BCUT2D eigenvalue weighted by molar-refractivity contribution is 7.91. The van der Waals surface area contributed by atoms with Gasteiger partial charge in [-0.3, -0.25) is 0 Å². The zero-order valence-corrected chi connectivity index (χ0v) is 9.85. The Morgan fingerprint density at radius 3 is 2.43 bits per heavy atom. The molecule has 0 aromatic carbocycles. The van der Waals surface area contributed by atoms with Gasteiger partial charge in [0, 0.05) is 12.6 Å². The summed E-state index contributed by atoms with van der Waals surface area (Å²) in [6.07, 6.45) is 1.60. The summed E-state index contributed by atoms with van der Waals surface area (Å²) in [7, 11) is -3.02. The first kappa shape index (κ1) is 13.9. The second kappa shape index (κ2) is 7.20. The Kier molecular flexibility index (Phi) is 7.13. The van der Waals surface area contributed by atoms with Gasteiger partial charge in [-0.1, -0.05) is 13.8 Å². The molecule has 1 atom stereocenters. The molecule has 0 rings (SSSR count). The first-order chi connectivity index (χ1) is 6.52. The molecule has 4 nitrogen and oxygen atoms in total. The number of hydrogen-bond donors (Lipinski definition) is 1. The molecule has 0 spiro atoms. The molecular formula is C9H21NO3S. The van der Waals surface area contributed by atoms with Crippen molar-refractivity contribution in [1.82, 2.24) is 0 Å². The monoisotopic (exact) mass is 223 g/mol. The maximum Gasteiger partial charge on any atom is 0.154 e. The van der Waals surface area contributed by atoms with Crippen LogP contribution in [0.3, 0.4) is 0 Å². The minimum Gasteiger partial charge on any atom is -0.380 e. The lowest BCUT2D eigenvalue weighted by Crippen LogP contribution is -2.31. The third kappa shape index (κ3) is 7.29. The average molecular weight is 223 g/mol. The van der Waals surface area contributed by atoms with Gasteiger partial charge in [0.15, 0.2) is 9.84 Å². The second-order valence-corrected chi connectivity index (χ2v) is 5.62. The molecule has 0 aliphatic carbocycles. The molecule has 0 heterocycles. The Balaban J connectivity index is 3.73. The molecule has 0 aliphatic rings. The lowest BCUT2D eigenvalue weighted by molar-refractivity contribution is 0.149. The predicted molar refractivity (Wildman–Crippen MR) is 58.0 cm³/mol. The highest BCUT2D eigenvalue weighted by Crippen LogP contribution is 1.97. The van der Waals surface area contributed by atoms with Crippen LogP contribution < -0.4 is 5.73 Å². The Morgan fingerprint density at radius 2 is 1.93 bits per heavy atom. The lowest BCUT2D eigenvalue weighted by Gasteiger charge is -2.09. The zero-order chi connectivity index (χ0) is 11.0. The SMILES string of the molecule is CCCOCCS(=O)(=O)CC(N)CC. The van der Waals surface area contributed by atoms with E-state index in [0.29, 0.717) is 13.0 Å². The van der Waals surface area contributed by atoms with Crippen LogP contribution in [0.2, 0.25) is 0 Å². The summed E-state index contributed by atoms with van der Waals surface area (Å²) in [4.78, 5) is 0. The molecule has 0 aromatic rings. The first-order valence-corrected chi connectivity index (χ1v) is 6.87. The summed E-state index contributed by atoms with van der Waals surface area (Å²) in [5.41, 5.74) is 5.57. The Morgan fingerprint density at radius 1 is 1.29 bits per heavy atom. The van der Waals surface area contributed by atoms with Crippen molar-refractivity contribution in [1.29, 1.82) is 0 Å². The number of hydrogen-bond acceptors (Lipinski definition) is 4. The predicted octanol–water partition coefficient (Wildman–Crippen LogP) is 0.565. The molecule has 2 N–H and O–H groups in total. The van der Waals surface area contributed by atoms with Gasteiger partial charge in [-0.15, -0.1) is 0 Å². The van der Waals surface area contributed by atoms with Gasteiger partial charge in [-0.05, 0) is 12.8 Å². The molecule has 0 aliphatic heterocycles. The van der Waals surface area contributed by atoms with E-state index < -0.39 is 9.84 Å². The maximum atomic E-state index is 11.4. The molecule has 0 amide bonds. The fourth-order valence-electron chi connectivity index (χ4n) is 0.960. The maximum absolute atomic E-state index is 11.4. The van der Waals surface area contributed by atoms with Crippen LogP contribution >= 0.6 is 0 Å². The third-order valence-corrected chi connectivity index (χ3v) is 3.60. The van der Waals surface area contributed by atoms with E-state index in [1.165, 1.54) is 0 Å². The molecular weight excluding hydrogens is 202 g/mol. The second-order valence-electron chi connectivity index (χ2n) is 3.40. The van der Waals surface area contributed by atoms with Gasteiger partial charge in [0.1, 0.15) is 0 Å². The molecule has 0 fully saturated rings. The molecule has 86 valence electrons. The van der Waals surface area contributed by atoms with Crippen molar-refractivity contribution in [3.05, 3.63) is 0 Å². The molecule has 14 heavy (non-hydrogen) atoms. The van der Waals surface area contributed by atoms with Crippen molar-refractivity contribution in [3.8, 4) is 0 Å². The van der Waals surface area contributed by atoms with Crippen LogP contribution in [0.15, 0.2) is 0 Å². The highest BCUT2D eigenvalue weighted by atomic mass is 32.2. The summed E-state index contributed by atoms with van der Waals surface area (Å²) in [5, 5.41) is 0. The smallest absolute Gasteiger partial charge is 0.154 e. The van der Waals surface area contributed by atoms with E-state index in [2.05, 4.69) is 0 Å². The molecule has 0 aromatic heterocycles. The highest BCUT2D eigenvalue weighted by Gasteiger charge is 2.14. The fourth-order valence-corrected chi connectivity index (χ4v) is 2.39. The topological polar surface area (TPSA) is 69.4 Å². The third-order valence-electron chi connectivity index (χ3n) is 1.88. The average Bonchev–Trinajstić information content (AvgIpc) is 2.12. The first-order valence-electron chi connectivity index (χ1n) is 5.05. The molecule has 0 bridgehead atoms. The molecule has 0 radical (unpaired) electrons. The Labute approximate surface area is 86.7 Å². The quantitative estimate of drug-likeness (QED) is 0.611. The molecule has 0 saturated heterocycles. The van der Waals surface area contributed by atoms with E-state index in [-0.39, 0.29) is 24.2 Å². The van der Waals surface area contributed by atoms with Gasteiger partial charge >= 0.3 is 0 Å². The molecule has 1 unspecified atom stereocenters. The van der Waals surface area contributed by atoms with Gasteiger partial charge in [0.2, 0.25) is 0 Å². The summed E-state index contributed by atoms with van der Waals surface area (Å²) < 4.78 is 27.9.